The Hall–Kier alpha value is -2.37. The molecular weight excluding hydrogens is 376 g/mol. The predicted octanol–water partition coefficient (Wildman–Crippen LogP) is 3.27. The summed E-state index contributed by atoms with van der Waals surface area (Å²) in [6.45, 7) is 3.83. The van der Waals surface area contributed by atoms with Crippen molar-refractivity contribution in [2.45, 2.75) is 12.8 Å². The molecule has 2 atom stereocenters. The van der Waals surface area contributed by atoms with E-state index in [-0.39, 0.29) is 23.7 Å². The van der Waals surface area contributed by atoms with E-state index >= 15 is 0 Å². The summed E-state index contributed by atoms with van der Waals surface area (Å²) in [6.07, 6.45) is 0. The fourth-order valence-corrected chi connectivity index (χ4v) is 3.96. The van der Waals surface area contributed by atoms with Gasteiger partial charge in [0.1, 0.15) is 0 Å². The zero-order valence-corrected chi connectivity index (χ0v) is 16.9. The first-order valence-electron chi connectivity index (χ1n) is 9.38. The van der Waals surface area contributed by atoms with E-state index in [0.29, 0.717) is 36.8 Å². The minimum atomic E-state index is -0.305. The van der Waals surface area contributed by atoms with Crippen LogP contribution in [0.5, 0.6) is 0 Å². The summed E-state index contributed by atoms with van der Waals surface area (Å²) in [7, 11) is 1.60. The van der Waals surface area contributed by atoms with Crippen LogP contribution in [0, 0.1) is 12.8 Å². The van der Waals surface area contributed by atoms with Crippen LogP contribution in [0.1, 0.15) is 27.4 Å². The summed E-state index contributed by atoms with van der Waals surface area (Å²) in [5.41, 5.74) is 2.77. The van der Waals surface area contributed by atoms with Gasteiger partial charge in [0.2, 0.25) is 5.91 Å². The van der Waals surface area contributed by atoms with Crippen LogP contribution in [0.4, 0.5) is 0 Å². The number of carbonyl (C=O) groups excluding carboxylic acids is 2. The number of amides is 2. The molecule has 28 heavy (non-hydrogen) atoms. The summed E-state index contributed by atoms with van der Waals surface area (Å²) in [4.78, 5) is 27.6. The third-order valence-electron chi connectivity index (χ3n) is 5.21. The molecule has 0 saturated carbocycles. The van der Waals surface area contributed by atoms with Gasteiger partial charge in [-0.3, -0.25) is 9.59 Å². The van der Waals surface area contributed by atoms with Gasteiger partial charge in [-0.25, -0.2) is 0 Å². The first-order chi connectivity index (χ1) is 13.5. The van der Waals surface area contributed by atoms with Crippen LogP contribution in [0.15, 0.2) is 48.5 Å². The number of carbonyl (C=O) groups is 2. The Morgan fingerprint density at radius 2 is 1.96 bits per heavy atom. The molecule has 2 aromatic rings. The van der Waals surface area contributed by atoms with E-state index in [0.717, 1.165) is 11.1 Å². The van der Waals surface area contributed by atoms with Crippen molar-refractivity contribution in [3.63, 3.8) is 0 Å². The predicted molar refractivity (Wildman–Crippen MR) is 110 cm³/mol. The zero-order chi connectivity index (χ0) is 20.1. The number of nitrogens with one attached hydrogen (secondary N) is 1. The lowest BCUT2D eigenvalue weighted by atomic mass is 9.86. The van der Waals surface area contributed by atoms with Gasteiger partial charge in [0.05, 0.1) is 12.5 Å². The first-order valence-corrected chi connectivity index (χ1v) is 9.76. The Morgan fingerprint density at radius 1 is 1.18 bits per heavy atom. The second-order valence-electron chi connectivity index (χ2n) is 7.07. The van der Waals surface area contributed by atoms with Gasteiger partial charge in [0.25, 0.3) is 5.91 Å². The topological polar surface area (TPSA) is 58.6 Å². The van der Waals surface area contributed by atoms with E-state index in [1.807, 2.05) is 31.2 Å². The van der Waals surface area contributed by atoms with Gasteiger partial charge >= 0.3 is 0 Å². The Bertz CT molecular complexity index is 855. The number of hydrogen-bond acceptors (Lipinski definition) is 3. The van der Waals surface area contributed by atoms with Crippen molar-refractivity contribution in [2.24, 2.45) is 5.92 Å². The quantitative estimate of drug-likeness (QED) is 0.757. The maximum absolute atomic E-state index is 13.0. The van der Waals surface area contributed by atoms with E-state index in [4.69, 9.17) is 16.3 Å². The van der Waals surface area contributed by atoms with Gasteiger partial charge in [0, 0.05) is 43.2 Å². The summed E-state index contributed by atoms with van der Waals surface area (Å²) >= 11 is 6.04. The van der Waals surface area contributed by atoms with Crippen LogP contribution in [-0.4, -0.2) is 50.1 Å². The number of rotatable bonds is 6. The molecule has 0 radical (unpaired) electrons. The Kier molecular flexibility index (Phi) is 6.70. The number of methoxy groups -OCH3 is 1. The highest BCUT2D eigenvalue weighted by atomic mass is 35.5. The molecule has 148 valence electrons. The maximum atomic E-state index is 13.0. The Balaban J connectivity index is 1.84. The number of benzene rings is 2. The van der Waals surface area contributed by atoms with Crippen LogP contribution in [-0.2, 0) is 9.53 Å². The van der Waals surface area contributed by atoms with Gasteiger partial charge in [-0.1, -0.05) is 41.9 Å². The third kappa shape index (κ3) is 4.54. The Labute approximate surface area is 170 Å². The van der Waals surface area contributed by atoms with E-state index < -0.39 is 0 Å². The third-order valence-corrected chi connectivity index (χ3v) is 5.44. The number of aryl methyl sites for hydroxylation is 1. The van der Waals surface area contributed by atoms with Gasteiger partial charge < -0.3 is 15.0 Å². The highest BCUT2D eigenvalue weighted by Crippen LogP contribution is 2.35. The Morgan fingerprint density at radius 3 is 2.68 bits per heavy atom. The molecule has 1 saturated heterocycles. The molecule has 0 bridgehead atoms. The number of hydrogen-bond donors (Lipinski definition) is 1. The van der Waals surface area contributed by atoms with Crippen LogP contribution < -0.4 is 5.32 Å². The van der Waals surface area contributed by atoms with Crippen molar-refractivity contribution in [2.75, 3.05) is 33.4 Å². The number of likely N-dealkylation sites (tertiary alicyclic amines) is 1. The average Bonchev–Trinajstić information content (AvgIpc) is 3.13. The SMILES string of the molecule is COCCNC(=O)[C@H]1CN(C(=O)c2cccc(Cl)c2)C[C@@H]1c1ccccc1C. The van der Waals surface area contributed by atoms with E-state index in [9.17, 15) is 9.59 Å². The fraction of sp³-hybridized carbons (Fsp3) is 0.364. The molecule has 1 aliphatic heterocycles. The van der Waals surface area contributed by atoms with Crippen molar-refractivity contribution in [1.29, 1.82) is 0 Å². The van der Waals surface area contributed by atoms with Crippen molar-refractivity contribution >= 4 is 23.4 Å². The van der Waals surface area contributed by atoms with Crippen LogP contribution >= 0.6 is 11.6 Å². The van der Waals surface area contributed by atoms with Crippen molar-refractivity contribution in [3.8, 4) is 0 Å². The van der Waals surface area contributed by atoms with Gasteiger partial charge in [-0.05, 0) is 36.2 Å². The molecule has 3 rings (SSSR count). The highest BCUT2D eigenvalue weighted by Gasteiger charge is 2.40. The molecule has 0 aliphatic carbocycles. The van der Waals surface area contributed by atoms with Crippen molar-refractivity contribution in [1.82, 2.24) is 10.2 Å². The molecule has 0 aromatic heterocycles. The lowest BCUT2D eigenvalue weighted by Crippen LogP contribution is -2.37. The van der Waals surface area contributed by atoms with E-state index in [1.54, 1.807) is 36.3 Å². The fourth-order valence-electron chi connectivity index (χ4n) is 3.76. The van der Waals surface area contributed by atoms with Gasteiger partial charge in [0.15, 0.2) is 0 Å². The van der Waals surface area contributed by atoms with Gasteiger partial charge in [-0.15, -0.1) is 0 Å². The largest absolute Gasteiger partial charge is 0.383 e. The number of ether oxygens (including phenoxy) is 1. The molecular formula is C22H25ClN2O3. The molecule has 1 N–H and O–H groups in total. The van der Waals surface area contributed by atoms with Crippen LogP contribution in [0.25, 0.3) is 0 Å². The molecule has 1 fully saturated rings. The highest BCUT2D eigenvalue weighted by molar-refractivity contribution is 6.30. The van der Waals surface area contributed by atoms with Crippen molar-refractivity contribution < 1.29 is 14.3 Å². The first kappa shape index (κ1) is 20.4. The second-order valence-corrected chi connectivity index (χ2v) is 7.51. The van der Waals surface area contributed by atoms with Crippen molar-refractivity contribution in [3.05, 3.63) is 70.2 Å². The summed E-state index contributed by atoms with van der Waals surface area (Å²) < 4.78 is 5.02. The number of nitrogens with zero attached hydrogens (tertiary/aromatic N) is 1. The standard InChI is InChI=1S/C22H25ClN2O3/c1-15-6-3-4-9-18(15)19-13-25(14-20(19)21(26)24-10-11-28-2)22(27)16-7-5-8-17(23)12-16/h3-9,12,19-20H,10-11,13-14H2,1-2H3,(H,24,26)/t19-,20+/m1/s1. The summed E-state index contributed by atoms with van der Waals surface area (Å²) in [5, 5.41) is 3.45. The van der Waals surface area contributed by atoms with E-state index in [2.05, 4.69) is 5.32 Å². The molecule has 5 nitrogen and oxygen atoms in total. The monoisotopic (exact) mass is 400 g/mol. The maximum Gasteiger partial charge on any atom is 0.253 e. The molecule has 2 aromatic carbocycles. The summed E-state index contributed by atoms with van der Waals surface area (Å²) in [5.74, 6) is -0.507. The lowest BCUT2D eigenvalue weighted by molar-refractivity contribution is -0.125. The average molecular weight is 401 g/mol. The molecule has 6 heteroatoms. The minimum Gasteiger partial charge on any atom is -0.383 e. The van der Waals surface area contributed by atoms with E-state index in [1.165, 1.54) is 0 Å². The molecule has 0 unspecified atom stereocenters. The smallest absolute Gasteiger partial charge is 0.253 e. The zero-order valence-electron chi connectivity index (χ0n) is 16.2. The van der Waals surface area contributed by atoms with Crippen LogP contribution in [0.3, 0.4) is 0 Å². The lowest BCUT2D eigenvalue weighted by Gasteiger charge is -2.19. The van der Waals surface area contributed by atoms with Crippen LogP contribution in [0.2, 0.25) is 5.02 Å². The summed E-state index contributed by atoms with van der Waals surface area (Å²) in [6, 6.07) is 15.0. The van der Waals surface area contributed by atoms with Gasteiger partial charge in [-0.2, -0.15) is 0 Å². The molecule has 1 heterocycles. The minimum absolute atomic E-state index is 0.0492. The molecule has 1 aliphatic rings. The molecule has 2 amide bonds. The number of halogens is 1. The normalized spacial score (nSPS) is 18.9. The second kappa shape index (κ2) is 9.22. The molecule has 0 spiro atoms.